The van der Waals surface area contributed by atoms with Gasteiger partial charge in [0.1, 0.15) is 5.82 Å². The monoisotopic (exact) mass is 425 g/mol. The van der Waals surface area contributed by atoms with Crippen molar-refractivity contribution >= 4 is 35.3 Å². The summed E-state index contributed by atoms with van der Waals surface area (Å²) in [6.45, 7) is 4.84. The van der Waals surface area contributed by atoms with Gasteiger partial charge in [0.25, 0.3) is 11.8 Å². The van der Waals surface area contributed by atoms with Crippen LogP contribution < -0.4 is 10.6 Å². The van der Waals surface area contributed by atoms with Crippen molar-refractivity contribution in [1.82, 2.24) is 10.2 Å². The van der Waals surface area contributed by atoms with Crippen LogP contribution in [0, 0.1) is 5.82 Å². The summed E-state index contributed by atoms with van der Waals surface area (Å²) in [5, 5.41) is 5.84. The van der Waals surface area contributed by atoms with Gasteiger partial charge in [-0.15, -0.1) is 0 Å². The lowest BCUT2D eigenvalue weighted by Crippen LogP contribution is -2.40. The van der Waals surface area contributed by atoms with Crippen molar-refractivity contribution in [3.8, 4) is 0 Å². The molecule has 2 aromatic rings. The fourth-order valence-electron chi connectivity index (χ4n) is 3.89. The molecule has 2 aliphatic rings. The maximum Gasteiger partial charge on any atom is 0.262 e. The molecule has 0 radical (unpaired) electrons. The first-order valence-electron chi connectivity index (χ1n) is 10.2. The number of likely N-dealkylation sites (tertiary alicyclic amines) is 1. The van der Waals surface area contributed by atoms with E-state index >= 15 is 0 Å². The van der Waals surface area contributed by atoms with Crippen molar-refractivity contribution in [2.24, 2.45) is 0 Å². The van der Waals surface area contributed by atoms with Gasteiger partial charge in [0.2, 0.25) is 0 Å². The molecule has 2 amide bonds. The Labute approximate surface area is 179 Å². The van der Waals surface area contributed by atoms with Crippen LogP contribution in [0.3, 0.4) is 0 Å². The Kier molecular flexibility index (Phi) is 6.20. The molecular formula is C23H24FN3O2S. The second-order valence-corrected chi connectivity index (χ2v) is 8.52. The molecule has 1 saturated heterocycles. The number of anilines is 1. The standard InChI is InChI=1S/C23H24FN3O2S/c1-2-27-11-5-7-17(27)14-25-22(28)16-9-10-20-19(12-16)26-23(29)21(30-20)13-15-6-3-4-8-18(15)24/h3-4,6,8-10,12-13,17H,2,5,7,11,14H2,1H3,(H,25,28)(H,26,29)/b21-13-/t17-/m1/s1. The van der Waals surface area contributed by atoms with E-state index in [1.807, 2.05) is 6.07 Å². The number of likely N-dealkylation sites (N-methyl/N-ethyl adjacent to an activating group) is 1. The fourth-order valence-corrected chi connectivity index (χ4v) is 4.81. The number of fused-ring (bicyclic) bond motifs is 1. The smallest absolute Gasteiger partial charge is 0.262 e. The summed E-state index contributed by atoms with van der Waals surface area (Å²) in [4.78, 5) is 28.7. The van der Waals surface area contributed by atoms with Crippen molar-refractivity contribution in [3.63, 3.8) is 0 Å². The van der Waals surface area contributed by atoms with E-state index in [1.54, 1.807) is 36.4 Å². The molecule has 4 rings (SSSR count). The van der Waals surface area contributed by atoms with Crippen LogP contribution in [-0.2, 0) is 4.79 Å². The maximum absolute atomic E-state index is 13.9. The Balaban J connectivity index is 1.46. The zero-order chi connectivity index (χ0) is 21.1. The Bertz CT molecular complexity index is 1010. The molecule has 2 aromatic carbocycles. The van der Waals surface area contributed by atoms with Crippen molar-refractivity contribution in [3.05, 3.63) is 64.3 Å². The third kappa shape index (κ3) is 4.42. The van der Waals surface area contributed by atoms with Gasteiger partial charge in [-0.05, 0) is 56.3 Å². The molecule has 0 saturated carbocycles. The summed E-state index contributed by atoms with van der Waals surface area (Å²) < 4.78 is 13.9. The average Bonchev–Trinajstić information content (AvgIpc) is 3.21. The number of carbonyl (C=O) groups excluding carboxylic acids is 2. The largest absolute Gasteiger partial charge is 0.350 e. The van der Waals surface area contributed by atoms with E-state index in [0.29, 0.717) is 34.3 Å². The number of rotatable bonds is 5. The lowest BCUT2D eigenvalue weighted by atomic mass is 10.1. The fraction of sp³-hybridized carbons (Fsp3) is 0.304. The van der Waals surface area contributed by atoms with Gasteiger partial charge < -0.3 is 10.6 Å². The highest BCUT2D eigenvalue weighted by Gasteiger charge is 2.25. The Morgan fingerprint density at radius 2 is 2.17 bits per heavy atom. The van der Waals surface area contributed by atoms with Gasteiger partial charge in [-0.25, -0.2) is 4.39 Å². The van der Waals surface area contributed by atoms with E-state index in [9.17, 15) is 14.0 Å². The molecule has 1 fully saturated rings. The van der Waals surface area contributed by atoms with E-state index in [1.165, 1.54) is 24.2 Å². The van der Waals surface area contributed by atoms with Gasteiger partial charge in [-0.3, -0.25) is 14.5 Å². The minimum absolute atomic E-state index is 0.146. The molecule has 1 atom stereocenters. The predicted molar refractivity (Wildman–Crippen MR) is 118 cm³/mol. The molecule has 156 valence electrons. The van der Waals surface area contributed by atoms with Crippen LogP contribution >= 0.6 is 11.8 Å². The Morgan fingerprint density at radius 1 is 1.33 bits per heavy atom. The Hall–Kier alpha value is -2.64. The van der Waals surface area contributed by atoms with E-state index in [4.69, 9.17) is 0 Å². The molecule has 7 heteroatoms. The summed E-state index contributed by atoms with van der Waals surface area (Å²) >= 11 is 1.27. The minimum atomic E-state index is -0.375. The van der Waals surface area contributed by atoms with Gasteiger partial charge in [-0.1, -0.05) is 36.9 Å². The average molecular weight is 426 g/mol. The first kappa shape index (κ1) is 20.6. The zero-order valence-corrected chi connectivity index (χ0v) is 17.6. The van der Waals surface area contributed by atoms with Crippen LogP contribution in [0.1, 0.15) is 35.7 Å². The van der Waals surface area contributed by atoms with Gasteiger partial charge in [0, 0.05) is 28.6 Å². The summed E-state index contributed by atoms with van der Waals surface area (Å²) in [7, 11) is 0. The normalized spacial score (nSPS) is 20.1. The van der Waals surface area contributed by atoms with Gasteiger partial charge in [0.05, 0.1) is 10.6 Å². The second-order valence-electron chi connectivity index (χ2n) is 7.43. The van der Waals surface area contributed by atoms with Crippen molar-refractivity contribution in [2.45, 2.75) is 30.7 Å². The van der Waals surface area contributed by atoms with E-state index in [-0.39, 0.29) is 17.6 Å². The first-order valence-corrected chi connectivity index (χ1v) is 11.0. The number of hydrogen-bond donors (Lipinski definition) is 2. The number of hydrogen-bond acceptors (Lipinski definition) is 4. The van der Waals surface area contributed by atoms with Gasteiger partial charge in [0.15, 0.2) is 0 Å². The molecule has 0 aliphatic carbocycles. The van der Waals surface area contributed by atoms with Gasteiger partial charge in [-0.2, -0.15) is 0 Å². The van der Waals surface area contributed by atoms with Crippen LogP contribution in [0.2, 0.25) is 0 Å². The number of nitrogens with zero attached hydrogens (tertiary/aromatic N) is 1. The minimum Gasteiger partial charge on any atom is -0.350 e. The maximum atomic E-state index is 13.9. The molecule has 2 aliphatic heterocycles. The molecule has 2 N–H and O–H groups in total. The highest BCUT2D eigenvalue weighted by atomic mass is 32.2. The second kappa shape index (κ2) is 9.02. The summed E-state index contributed by atoms with van der Waals surface area (Å²) in [5.74, 6) is -0.828. The number of nitrogens with one attached hydrogen (secondary N) is 2. The summed E-state index contributed by atoms with van der Waals surface area (Å²) in [6, 6.07) is 12.0. The highest BCUT2D eigenvalue weighted by Crippen LogP contribution is 2.39. The molecule has 5 nitrogen and oxygen atoms in total. The molecule has 2 heterocycles. The van der Waals surface area contributed by atoms with Crippen LogP contribution in [0.5, 0.6) is 0 Å². The number of thioether (sulfide) groups is 1. The topological polar surface area (TPSA) is 61.4 Å². The SMILES string of the molecule is CCN1CCC[C@@H]1CNC(=O)c1ccc2c(c1)NC(=O)/C(=C/c1ccccc1F)S2. The number of amides is 2. The summed E-state index contributed by atoms with van der Waals surface area (Å²) in [6.07, 6.45) is 3.81. The van der Waals surface area contributed by atoms with Crippen molar-refractivity contribution in [1.29, 1.82) is 0 Å². The third-order valence-corrected chi connectivity index (χ3v) is 6.63. The number of carbonyl (C=O) groups is 2. The molecule has 0 aromatic heterocycles. The van der Waals surface area contributed by atoms with Crippen molar-refractivity contribution < 1.29 is 14.0 Å². The lowest BCUT2D eigenvalue weighted by molar-refractivity contribution is -0.112. The van der Waals surface area contributed by atoms with Crippen LogP contribution in [0.25, 0.3) is 6.08 Å². The Morgan fingerprint density at radius 3 is 2.97 bits per heavy atom. The van der Waals surface area contributed by atoms with E-state index < -0.39 is 0 Å². The predicted octanol–water partition coefficient (Wildman–Crippen LogP) is 4.13. The number of benzene rings is 2. The lowest BCUT2D eigenvalue weighted by Gasteiger charge is -2.23. The molecule has 0 bridgehead atoms. The highest BCUT2D eigenvalue weighted by molar-refractivity contribution is 8.04. The third-order valence-electron chi connectivity index (χ3n) is 5.53. The first-order chi connectivity index (χ1) is 14.5. The van der Waals surface area contributed by atoms with E-state index in [2.05, 4.69) is 22.5 Å². The molecule has 0 unspecified atom stereocenters. The molecule has 30 heavy (non-hydrogen) atoms. The van der Waals surface area contributed by atoms with Crippen molar-refractivity contribution in [2.75, 3.05) is 25.0 Å². The number of halogens is 1. The van der Waals surface area contributed by atoms with Crippen LogP contribution in [0.4, 0.5) is 10.1 Å². The van der Waals surface area contributed by atoms with Crippen LogP contribution in [-0.4, -0.2) is 42.4 Å². The van der Waals surface area contributed by atoms with E-state index in [0.717, 1.165) is 24.4 Å². The van der Waals surface area contributed by atoms with Crippen LogP contribution in [0.15, 0.2) is 52.3 Å². The zero-order valence-electron chi connectivity index (χ0n) is 16.8. The molecular weight excluding hydrogens is 401 g/mol. The quantitative estimate of drug-likeness (QED) is 0.708. The van der Waals surface area contributed by atoms with Gasteiger partial charge >= 0.3 is 0 Å². The molecule has 0 spiro atoms. The summed E-state index contributed by atoms with van der Waals surface area (Å²) in [5.41, 5.74) is 1.47.